The van der Waals surface area contributed by atoms with Gasteiger partial charge in [0.05, 0.1) is 28.6 Å². The lowest BCUT2D eigenvalue weighted by Gasteiger charge is -2.27. The number of carbonyl (C=O) groups is 1. The second-order valence-corrected chi connectivity index (χ2v) is 9.53. The molecule has 1 aliphatic heterocycles. The first-order valence-electron chi connectivity index (χ1n) is 9.98. The first-order chi connectivity index (χ1) is 15.1. The highest BCUT2D eigenvalue weighted by Gasteiger charge is 2.38. The molecule has 170 valence electrons. The monoisotopic (exact) mass is 467 g/mol. The number of pyridine rings is 1. The van der Waals surface area contributed by atoms with Gasteiger partial charge in [0, 0.05) is 30.4 Å². The van der Waals surface area contributed by atoms with E-state index < -0.39 is 38.2 Å². The molecule has 1 aliphatic rings. The number of rotatable bonds is 5. The minimum absolute atomic E-state index is 0.0214. The topological polar surface area (TPSA) is 92.0 Å². The molecular weight excluding hydrogens is 447 g/mol. The Hall–Kier alpha value is -2.92. The Bertz CT molecular complexity index is 1280. The molecule has 1 fully saturated rings. The van der Waals surface area contributed by atoms with E-state index in [0.717, 1.165) is 18.6 Å². The van der Waals surface area contributed by atoms with E-state index in [4.69, 9.17) is 5.11 Å². The summed E-state index contributed by atoms with van der Waals surface area (Å²) in [6.07, 6.45) is -0.284. The van der Waals surface area contributed by atoms with Crippen molar-refractivity contribution in [3.63, 3.8) is 0 Å². The van der Waals surface area contributed by atoms with E-state index in [1.807, 2.05) is 0 Å². The smallest absolute Gasteiger partial charge is 0.417 e. The highest BCUT2D eigenvalue weighted by Crippen LogP contribution is 2.42. The summed E-state index contributed by atoms with van der Waals surface area (Å²) in [6, 6.07) is 5.84. The van der Waals surface area contributed by atoms with Gasteiger partial charge >= 0.3 is 12.1 Å². The Morgan fingerprint density at radius 3 is 2.50 bits per heavy atom. The molecule has 11 heteroatoms. The number of carboxylic acid groups (broad SMARTS) is 1. The molecule has 32 heavy (non-hydrogen) atoms. The van der Waals surface area contributed by atoms with Crippen LogP contribution < -0.4 is 0 Å². The van der Waals surface area contributed by atoms with Crippen LogP contribution in [0.15, 0.2) is 47.6 Å². The van der Waals surface area contributed by atoms with Crippen LogP contribution in [0.3, 0.4) is 0 Å². The van der Waals surface area contributed by atoms with Crippen LogP contribution >= 0.6 is 0 Å². The first kappa shape index (κ1) is 22.3. The van der Waals surface area contributed by atoms with Crippen LogP contribution in [0.1, 0.15) is 30.4 Å². The minimum Gasteiger partial charge on any atom is -0.481 e. The molecule has 1 N–H and O–H groups in total. The Balaban J connectivity index is 1.96. The molecule has 1 aromatic carbocycles. The molecule has 2 aromatic heterocycles. The minimum atomic E-state index is -4.79. The zero-order chi connectivity index (χ0) is 23.1. The fourth-order valence-corrected chi connectivity index (χ4v) is 5.76. The normalized spacial score (nSPS) is 15.8. The van der Waals surface area contributed by atoms with Crippen molar-refractivity contribution in [3.05, 3.63) is 53.9 Å². The van der Waals surface area contributed by atoms with Gasteiger partial charge in [-0.3, -0.25) is 4.79 Å². The van der Waals surface area contributed by atoms with Gasteiger partial charge in [-0.25, -0.2) is 12.9 Å². The summed E-state index contributed by atoms with van der Waals surface area (Å²) < 4.78 is 71.1. The fourth-order valence-electron chi connectivity index (χ4n) is 4.01. The van der Waals surface area contributed by atoms with Crippen molar-refractivity contribution in [1.82, 2.24) is 13.9 Å². The van der Waals surface area contributed by atoms with Crippen LogP contribution in [-0.2, 0) is 27.4 Å². The van der Waals surface area contributed by atoms with Crippen molar-refractivity contribution in [2.45, 2.75) is 36.8 Å². The summed E-state index contributed by atoms with van der Waals surface area (Å²) in [4.78, 5) is 10.7. The van der Waals surface area contributed by atoms with E-state index in [1.165, 1.54) is 39.4 Å². The fraction of sp³-hybridized carbons (Fsp3) is 0.333. The zero-order valence-electron chi connectivity index (χ0n) is 16.8. The molecule has 0 unspecified atom stereocenters. The van der Waals surface area contributed by atoms with E-state index in [1.54, 1.807) is 0 Å². The molecule has 0 spiro atoms. The van der Waals surface area contributed by atoms with Crippen LogP contribution in [0.5, 0.6) is 0 Å². The second-order valence-electron chi connectivity index (χ2n) is 7.63. The van der Waals surface area contributed by atoms with Crippen LogP contribution in [-0.4, -0.2) is 46.5 Å². The van der Waals surface area contributed by atoms with E-state index in [0.29, 0.717) is 23.9 Å². The van der Waals surface area contributed by atoms with Gasteiger partial charge in [0.25, 0.3) is 0 Å². The molecule has 7 nitrogen and oxygen atoms in total. The number of carboxylic acids is 1. The summed E-state index contributed by atoms with van der Waals surface area (Å²) in [5, 5.41) is 13.1. The van der Waals surface area contributed by atoms with Crippen LogP contribution in [0.2, 0.25) is 0 Å². The SMILES string of the molecule is O=C(O)Cc1cnn2ccc(-c3c(C(F)(F)F)cccc3S(=O)(=O)N3CCCCC3)cc12. The average Bonchev–Trinajstić information content (AvgIpc) is 3.14. The number of benzene rings is 1. The molecule has 1 saturated heterocycles. The van der Waals surface area contributed by atoms with Gasteiger partial charge in [-0.15, -0.1) is 0 Å². The molecule has 0 radical (unpaired) electrons. The molecule has 0 amide bonds. The lowest BCUT2D eigenvalue weighted by Crippen LogP contribution is -2.36. The number of aromatic nitrogens is 2. The second kappa shape index (κ2) is 8.21. The predicted molar refractivity (Wildman–Crippen MR) is 110 cm³/mol. The maximum absolute atomic E-state index is 13.9. The molecule has 4 rings (SSSR count). The molecule has 0 bridgehead atoms. The summed E-state index contributed by atoms with van der Waals surface area (Å²) in [7, 11) is -4.18. The van der Waals surface area contributed by atoms with E-state index in [2.05, 4.69) is 5.10 Å². The van der Waals surface area contributed by atoms with Crippen LogP contribution in [0.25, 0.3) is 16.6 Å². The third kappa shape index (κ3) is 4.09. The maximum atomic E-state index is 13.9. The number of alkyl halides is 3. The van der Waals surface area contributed by atoms with E-state index >= 15 is 0 Å². The van der Waals surface area contributed by atoms with Gasteiger partial charge in [0.2, 0.25) is 10.0 Å². The largest absolute Gasteiger partial charge is 0.481 e. The summed E-state index contributed by atoms with van der Waals surface area (Å²) in [5.74, 6) is -1.12. The third-order valence-corrected chi connectivity index (χ3v) is 7.44. The van der Waals surface area contributed by atoms with Gasteiger partial charge in [-0.1, -0.05) is 12.5 Å². The lowest BCUT2D eigenvalue weighted by atomic mass is 9.99. The summed E-state index contributed by atoms with van der Waals surface area (Å²) in [6.45, 7) is 0.505. The average molecular weight is 467 g/mol. The van der Waals surface area contributed by atoms with Gasteiger partial charge < -0.3 is 5.11 Å². The number of hydrogen-bond acceptors (Lipinski definition) is 4. The van der Waals surface area contributed by atoms with Gasteiger partial charge in [-0.05, 0) is 42.7 Å². The van der Waals surface area contributed by atoms with E-state index in [9.17, 15) is 26.4 Å². The quantitative estimate of drug-likeness (QED) is 0.616. The number of fused-ring (bicyclic) bond motifs is 1. The zero-order valence-corrected chi connectivity index (χ0v) is 17.7. The maximum Gasteiger partial charge on any atom is 0.417 e. The van der Waals surface area contributed by atoms with Crippen molar-refractivity contribution >= 4 is 21.5 Å². The Kier molecular flexibility index (Phi) is 5.72. The lowest BCUT2D eigenvalue weighted by molar-refractivity contribution is -0.137. The number of piperidine rings is 1. The summed E-state index contributed by atoms with van der Waals surface area (Å²) >= 11 is 0. The third-order valence-electron chi connectivity index (χ3n) is 5.50. The highest BCUT2D eigenvalue weighted by atomic mass is 32.2. The predicted octanol–water partition coefficient (Wildman–Crippen LogP) is 3.82. The number of aliphatic carboxylic acids is 1. The molecule has 0 aliphatic carbocycles. The Labute approximate surface area is 182 Å². The van der Waals surface area contributed by atoms with Crippen LogP contribution in [0.4, 0.5) is 13.2 Å². The van der Waals surface area contributed by atoms with Crippen molar-refractivity contribution in [2.75, 3.05) is 13.1 Å². The van der Waals surface area contributed by atoms with E-state index in [-0.39, 0.29) is 25.1 Å². The molecule has 0 saturated carbocycles. The highest BCUT2D eigenvalue weighted by molar-refractivity contribution is 7.89. The standard InChI is InChI=1S/C21H20F3N3O4S/c22-21(23,24)16-5-4-6-18(32(30,31)26-8-2-1-3-9-26)20(16)14-7-10-27-17(11-14)15(13-25-27)12-19(28)29/h4-7,10-11,13H,1-3,8-9,12H2,(H,28,29). The van der Waals surface area contributed by atoms with Crippen molar-refractivity contribution < 1.29 is 31.5 Å². The first-order valence-corrected chi connectivity index (χ1v) is 11.4. The van der Waals surface area contributed by atoms with Gasteiger partial charge in [0.1, 0.15) is 0 Å². The number of nitrogens with zero attached hydrogens (tertiary/aromatic N) is 3. The molecule has 3 heterocycles. The van der Waals surface area contributed by atoms with Gasteiger partial charge in [-0.2, -0.15) is 22.6 Å². The number of sulfonamides is 1. The van der Waals surface area contributed by atoms with Crippen molar-refractivity contribution in [1.29, 1.82) is 0 Å². The Morgan fingerprint density at radius 2 is 1.84 bits per heavy atom. The Morgan fingerprint density at radius 1 is 1.12 bits per heavy atom. The van der Waals surface area contributed by atoms with Crippen LogP contribution in [0, 0.1) is 0 Å². The summed E-state index contributed by atoms with van der Waals surface area (Å²) in [5.41, 5.74) is -0.893. The number of hydrogen-bond donors (Lipinski definition) is 1. The number of halogens is 3. The molecule has 3 aromatic rings. The van der Waals surface area contributed by atoms with Crippen molar-refractivity contribution in [2.24, 2.45) is 0 Å². The molecule has 0 atom stereocenters. The van der Waals surface area contributed by atoms with Gasteiger partial charge in [0.15, 0.2) is 0 Å². The van der Waals surface area contributed by atoms with Crippen molar-refractivity contribution in [3.8, 4) is 11.1 Å². The molecular formula is C21H20F3N3O4S.